The largest absolute Gasteiger partial charge is 0.352 e. The number of amides is 1. The van der Waals surface area contributed by atoms with Crippen molar-refractivity contribution < 1.29 is 4.79 Å². The van der Waals surface area contributed by atoms with Crippen LogP contribution in [0.25, 0.3) is 5.65 Å². The lowest BCUT2D eigenvalue weighted by molar-refractivity contribution is 0.0953. The van der Waals surface area contributed by atoms with Gasteiger partial charge in [0.25, 0.3) is 5.91 Å². The quantitative estimate of drug-likeness (QED) is 0.797. The standard InChI is InChI=1S/C15H12Cl2N4O/c16-11-6-13(17)14-20-12(9-21(14)8-11)3-5-19-15(22)10-2-1-4-18-7-10/h1-2,4,6-9H,3,5H2,(H,19,22). The van der Waals surface area contributed by atoms with Crippen LogP contribution in [0.3, 0.4) is 0 Å². The zero-order valence-electron chi connectivity index (χ0n) is 11.5. The van der Waals surface area contributed by atoms with Crippen molar-refractivity contribution in [1.82, 2.24) is 19.7 Å². The molecule has 0 bridgehead atoms. The first-order chi connectivity index (χ1) is 10.6. The minimum Gasteiger partial charge on any atom is -0.352 e. The Balaban J connectivity index is 1.65. The number of carbonyl (C=O) groups is 1. The normalized spacial score (nSPS) is 10.8. The highest BCUT2D eigenvalue weighted by atomic mass is 35.5. The monoisotopic (exact) mass is 334 g/mol. The summed E-state index contributed by atoms with van der Waals surface area (Å²) >= 11 is 12.0. The van der Waals surface area contributed by atoms with Crippen LogP contribution >= 0.6 is 23.2 Å². The molecular weight excluding hydrogens is 323 g/mol. The molecule has 0 saturated heterocycles. The summed E-state index contributed by atoms with van der Waals surface area (Å²) in [7, 11) is 0. The molecule has 3 aromatic heterocycles. The Kier molecular flexibility index (Phi) is 4.27. The predicted octanol–water partition coefficient (Wildman–Crippen LogP) is 3.01. The van der Waals surface area contributed by atoms with Crippen LogP contribution in [0.2, 0.25) is 10.0 Å². The number of rotatable bonds is 4. The molecule has 0 atom stereocenters. The third-order valence-corrected chi connectivity index (χ3v) is 3.60. The smallest absolute Gasteiger partial charge is 0.252 e. The van der Waals surface area contributed by atoms with Gasteiger partial charge in [0.2, 0.25) is 0 Å². The maximum atomic E-state index is 11.9. The number of pyridine rings is 2. The molecule has 0 aliphatic heterocycles. The number of aromatic nitrogens is 3. The Morgan fingerprint density at radius 3 is 2.95 bits per heavy atom. The summed E-state index contributed by atoms with van der Waals surface area (Å²) in [6, 6.07) is 5.09. The molecule has 0 spiro atoms. The van der Waals surface area contributed by atoms with E-state index in [1.807, 2.05) is 6.20 Å². The van der Waals surface area contributed by atoms with E-state index < -0.39 is 0 Å². The Hall–Kier alpha value is -2.11. The first-order valence-electron chi connectivity index (χ1n) is 6.64. The number of imidazole rings is 1. The minimum absolute atomic E-state index is 0.155. The fourth-order valence-corrected chi connectivity index (χ4v) is 2.63. The van der Waals surface area contributed by atoms with Gasteiger partial charge < -0.3 is 9.72 Å². The van der Waals surface area contributed by atoms with E-state index in [0.717, 1.165) is 5.69 Å². The highest BCUT2D eigenvalue weighted by Gasteiger charge is 2.08. The van der Waals surface area contributed by atoms with Crippen LogP contribution in [0.1, 0.15) is 16.1 Å². The van der Waals surface area contributed by atoms with E-state index in [4.69, 9.17) is 23.2 Å². The summed E-state index contributed by atoms with van der Waals surface area (Å²) < 4.78 is 1.78. The van der Waals surface area contributed by atoms with Crippen molar-refractivity contribution in [3.63, 3.8) is 0 Å². The van der Waals surface area contributed by atoms with E-state index in [-0.39, 0.29) is 5.91 Å². The van der Waals surface area contributed by atoms with Crippen LogP contribution in [0, 0.1) is 0 Å². The molecule has 5 nitrogen and oxygen atoms in total. The van der Waals surface area contributed by atoms with Gasteiger partial charge in [0.05, 0.1) is 21.3 Å². The molecule has 7 heteroatoms. The number of carbonyl (C=O) groups excluding carboxylic acids is 1. The number of hydrogen-bond donors (Lipinski definition) is 1. The molecule has 0 radical (unpaired) electrons. The number of nitrogens with one attached hydrogen (secondary N) is 1. The second-order valence-corrected chi connectivity index (χ2v) is 5.56. The summed E-state index contributed by atoms with van der Waals surface area (Å²) in [5.41, 5.74) is 2.02. The van der Waals surface area contributed by atoms with Gasteiger partial charge in [0.15, 0.2) is 5.65 Å². The van der Waals surface area contributed by atoms with E-state index >= 15 is 0 Å². The third-order valence-electron chi connectivity index (χ3n) is 3.11. The second-order valence-electron chi connectivity index (χ2n) is 4.72. The Morgan fingerprint density at radius 2 is 2.18 bits per heavy atom. The molecule has 0 aliphatic carbocycles. The topological polar surface area (TPSA) is 59.3 Å². The van der Waals surface area contributed by atoms with E-state index in [1.165, 1.54) is 6.20 Å². The lowest BCUT2D eigenvalue weighted by Crippen LogP contribution is -2.25. The Labute approximate surface area is 136 Å². The minimum atomic E-state index is -0.155. The lowest BCUT2D eigenvalue weighted by Gasteiger charge is -2.02. The van der Waals surface area contributed by atoms with Crippen molar-refractivity contribution in [1.29, 1.82) is 0 Å². The van der Waals surface area contributed by atoms with Gasteiger partial charge >= 0.3 is 0 Å². The van der Waals surface area contributed by atoms with E-state index in [2.05, 4.69) is 15.3 Å². The van der Waals surface area contributed by atoms with E-state index in [0.29, 0.717) is 34.2 Å². The molecule has 1 amide bonds. The summed E-state index contributed by atoms with van der Waals surface area (Å²) in [5, 5.41) is 3.88. The molecule has 1 N–H and O–H groups in total. The van der Waals surface area contributed by atoms with Gasteiger partial charge in [-0.05, 0) is 18.2 Å². The first-order valence-corrected chi connectivity index (χ1v) is 7.40. The van der Waals surface area contributed by atoms with Crippen LogP contribution in [-0.4, -0.2) is 26.8 Å². The zero-order valence-corrected chi connectivity index (χ0v) is 13.0. The SMILES string of the molecule is O=C(NCCc1cn2cc(Cl)cc(Cl)c2n1)c1cccnc1. The van der Waals surface area contributed by atoms with Gasteiger partial charge in [-0.1, -0.05) is 23.2 Å². The average Bonchev–Trinajstić information content (AvgIpc) is 2.91. The number of nitrogens with zero attached hydrogens (tertiary/aromatic N) is 3. The van der Waals surface area contributed by atoms with Gasteiger partial charge in [-0.15, -0.1) is 0 Å². The molecule has 3 rings (SSSR count). The molecular formula is C15H12Cl2N4O. The maximum absolute atomic E-state index is 11.9. The fraction of sp³-hybridized carbons (Fsp3) is 0.133. The van der Waals surface area contributed by atoms with Crippen LogP contribution in [0.5, 0.6) is 0 Å². The van der Waals surface area contributed by atoms with Gasteiger partial charge in [-0.25, -0.2) is 4.98 Å². The Morgan fingerprint density at radius 1 is 1.32 bits per heavy atom. The predicted molar refractivity (Wildman–Crippen MR) is 85.5 cm³/mol. The molecule has 22 heavy (non-hydrogen) atoms. The molecule has 0 aromatic carbocycles. The lowest BCUT2D eigenvalue weighted by atomic mass is 10.2. The average molecular weight is 335 g/mol. The van der Waals surface area contributed by atoms with Gasteiger partial charge in [0, 0.05) is 37.8 Å². The molecule has 3 aromatic rings. The summed E-state index contributed by atoms with van der Waals surface area (Å²) in [5.74, 6) is -0.155. The molecule has 0 aliphatic rings. The third kappa shape index (κ3) is 3.21. The van der Waals surface area contributed by atoms with Crippen LogP contribution in [0.4, 0.5) is 0 Å². The molecule has 112 valence electrons. The van der Waals surface area contributed by atoms with Crippen molar-refractivity contribution in [2.24, 2.45) is 0 Å². The van der Waals surface area contributed by atoms with Crippen molar-refractivity contribution in [2.75, 3.05) is 6.54 Å². The van der Waals surface area contributed by atoms with Crippen LogP contribution in [-0.2, 0) is 6.42 Å². The van der Waals surface area contributed by atoms with E-state index in [9.17, 15) is 4.79 Å². The van der Waals surface area contributed by atoms with Crippen molar-refractivity contribution in [2.45, 2.75) is 6.42 Å². The fourth-order valence-electron chi connectivity index (χ4n) is 2.10. The van der Waals surface area contributed by atoms with Crippen molar-refractivity contribution in [3.8, 4) is 0 Å². The van der Waals surface area contributed by atoms with Gasteiger partial charge in [-0.2, -0.15) is 0 Å². The molecule has 0 saturated carbocycles. The second kappa shape index (κ2) is 6.34. The number of halogens is 2. The zero-order chi connectivity index (χ0) is 15.5. The first kappa shape index (κ1) is 14.8. The summed E-state index contributed by atoms with van der Waals surface area (Å²) in [6.07, 6.45) is 7.35. The van der Waals surface area contributed by atoms with Gasteiger partial charge in [-0.3, -0.25) is 9.78 Å². The van der Waals surface area contributed by atoms with Gasteiger partial charge in [0.1, 0.15) is 0 Å². The Bertz CT molecular complexity index is 817. The van der Waals surface area contributed by atoms with Crippen LogP contribution in [0.15, 0.2) is 43.0 Å². The molecule has 0 fully saturated rings. The highest BCUT2D eigenvalue weighted by molar-refractivity contribution is 6.36. The molecule has 0 unspecified atom stereocenters. The van der Waals surface area contributed by atoms with Crippen molar-refractivity contribution >= 4 is 34.8 Å². The number of fused-ring (bicyclic) bond motifs is 1. The van der Waals surface area contributed by atoms with E-state index in [1.54, 1.807) is 35.0 Å². The highest BCUT2D eigenvalue weighted by Crippen LogP contribution is 2.21. The molecule has 3 heterocycles. The summed E-state index contributed by atoms with van der Waals surface area (Å²) in [4.78, 5) is 20.2. The summed E-state index contributed by atoms with van der Waals surface area (Å²) in [6.45, 7) is 0.475. The van der Waals surface area contributed by atoms with Crippen LogP contribution < -0.4 is 5.32 Å². The number of hydrogen-bond acceptors (Lipinski definition) is 3. The van der Waals surface area contributed by atoms with Crippen molar-refractivity contribution in [3.05, 3.63) is 64.3 Å². The maximum Gasteiger partial charge on any atom is 0.252 e.